The molecule has 7 aromatic rings. The molecule has 7 heterocycles. The summed E-state index contributed by atoms with van der Waals surface area (Å²) in [4.78, 5) is 93.0. The van der Waals surface area contributed by atoms with Crippen molar-refractivity contribution in [2.24, 2.45) is 0 Å². The van der Waals surface area contributed by atoms with Crippen LogP contribution in [-0.2, 0) is 0 Å². The number of aromatic amines is 8. The normalized spacial score (nSPS) is 12.1. The van der Waals surface area contributed by atoms with Crippen LogP contribution in [0.5, 0.6) is 0 Å². The Kier molecular flexibility index (Phi) is 27.5. The Balaban J connectivity index is 0.000000262. The van der Waals surface area contributed by atoms with E-state index >= 15 is 0 Å². The molecule has 9 rings (SSSR count). The minimum absolute atomic E-state index is 0.312. The van der Waals surface area contributed by atoms with Gasteiger partial charge in [0, 0.05) is 72.4 Å². The van der Waals surface area contributed by atoms with Crippen molar-refractivity contribution < 1.29 is 0 Å². The maximum absolute atomic E-state index is 11.2. The van der Waals surface area contributed by atoms with Gasteiger partial charge in [-0.05, 0) is 96.1 Å². The van der Waals surface area contributed by atoms with E-state index in [1.54, 1.807) is 12.4 Å². The van der Waals surface area contributed by atoms with E-state index in [9.17, 15) is 28.8 Å². The summed E-state index contributed by atoms with van der Waals surface area (Å²) in [5.41, 5.74) is 19.5. The number of terminal acetylenes is 1. The molecule has 0 radical (unpaired) electrons. The number of nitrogen functional groups attached to an aromatic ring is 1. The topological polar surface area (TPSA) is 344 Å². The first-order chi connectivity index (χ1) is 38.1. The molecule has 0 amide bonds. The average molecular weight is 1490 g/mol. The van der Waals surface area contributed by atoms with E-state index in [4.69, 9.17) is 12.2 Å². The Bertz CT molecular complexity index is 3850. The molecule has 22 nitrogen and oxygen atoms in total. The van der Waals surface area contributed by atoms with Crippen LogP contribution >= 0.6 is 70.4 Å². The lowest BCUT2D eigenvalue weighted by Crippen LogP contribution is -2.24. The standard InChI is InChI=1S/C15H18BrN5Si.C9H10Br2N2Si.C9H12N2O2Si.C6H9N3.C5H10Si.C4H3IN2O2.C4H4N2O2/c1-22(2,3)7-6-11-9-17-15(16)19-14(11)18-13-8-12(20-21-13)10-4-5-10;1-14(2,3)5-4-7-6-12-9(11)13-8(7)10;1-14(2,3)5-4-7-6-10-9(13)11-8(7)12;7-6-3-5(8-9-6)4-1-2-4;1-5-6(2,3)4;5-2-1-6-4(9)7-3(2)8;7-3-1-2-5-4(8)6-3/h8-10H,4-5H2,1-3H3,(H2,17,18,19,20,21);6H,1-3H3;6H,1-3H3,(H2,10,11,12,13);3-4H,1-2H2,(H3,7,8,9);1H,2-4H3;1H,(H2,6,7,8,9);1-2H,(H2,5,6,7,8). The number of nitrogens with zero attached hydrogens (tertiary/aromatic N) is 6. The second-order valence-electron chi connectivity index (χ2n) is 22.0. The molecule has 7 aromatic heterocycles. The third kappa shape index (κ3) is 30.5. The summed E-state index contributed by atoms with van der Waals surface area (Å²) in [7, 11) is -5.36. The first kappa shape index (κ1) is 69.8. The number of nitrogens with one attached hydrogen (secondary N) is 9. The van der Waals surface area contributed by atoms with Crippen molar-refractivity contribution in [1.82, 2.24) is 70.2 Å². The molecule has 0 unspecified atom stereocenters. The minimum atomic E-state index is -1.48. The van der Waals surface area contributed by atoms with Gasteiger partial charge in [0.15, 0.2) is 21.1 Å². The third-order valence-corrected chi connectivity index (χ3v) is 15.1. The zero-order valence-electron chi connectivity index (χ0n) is 47.4. The minimum Gasteiger partial charge on any atom is -0.382 e. The van der Waals surface area contributed by atoms with Gasteiger partial charge in [0.25, 0.3) is 16.7 Å². The predicted molar refractivity (Wildman–Crippen MR) is 355 cm³/mol. The van der Waals surface area contributed by atoms with Gasteiger partial charge < -0.3 is 26.0 Å². The monoisotopic (exact) mass is 1490 g/mol. The van der Waals surface area contributed by atoms with E-state index in [1.807, 2.05) is 39.7 Å². The fourth-order valence-electron chi connectivity index (χ4n) is 5.10. The molecule has 0 saturated heterocycles. The zero-order chi connectivity index (χ0) is 61.6. The number of hydrogen-bond acceptors (Lipinski definition) is 14. The number of rotatable bonds is 4. The molecular weight excluding hydrogens is 1420 g/mol. The molecule has 2 aliphatic rings. The van der Waals surface area contributed by atoms with Gasteiger partial charge in [-0.1, -0.05) is 96.3 Å². The molecule has 0 atom stereocenters. The van der Waals surface area contributed by atoms with Crippen LogP contribution < -0.4 is 44.8 Å². The lowest BCUT2D eigenvalue weighted by Gasteiger charge is -2.06. The van der Waals surface area contributed by atoms with Crippen LogP contribution in [0.1, 0.15) is 65.6 Å². The van der Waals surface area contributed by atoms with Gasteiger partial charge in [-0.25, -0.2) is 34.3 Å². The second kappa shape index (κ2) is 32.4. The molecule has 11 N–H and O–H groups in total. The first-order valence-electron chi connectivity index (χ1n) is 25.1. The molecule has 0 aromatic carbocycles. The summed E-state index contributed by atoms with van der Waals surface area (Å²) < 4.78 is 2.33. The smallest absolute Gasteiger partial charge is 0.325 e. The molecule has 2 saturated carbocycles. The summed E-state index contributed by atoms with van der Waals surface area (Å²) >= 11 is 11.7. The SMILES string of the molecule is C#C[Si](C)(C)C.C[Si](C)(C)C#Cc1c[nH]c(=O)[nH]c1=O.C[Si](C)(C)C#Cc1cnc(Br)nc1Br.C[Si](C)(C)C#Cc1cnc(Br)nc1Nc1cc(C2CC2)[nH]n1.Nc1cc(C2CC2)[nH]n1.O=c1[nH]cc(I)c(=O)[nH]1.O=c1cc[nH]c(=O)[nH]1. The molecule has 0 bridgehead atoms. The number of aromatic nitrogens is 14. The van der Waals surface area contributed by atoms with Crippen molar-refractivity contribution in [3.63, 3.8) is 0 Å². The molecule has 0 aliphatic heterocycles. The van der Waals surface area contributed by atoms with Crippen molar-refractivity contribution in [1.29, 1.82) is 0 Å². The maximum atomic E-state index is 11.2. The molecule has 2 aliphatic carbocycles. The van der Waals surface area contributed by atoms with Crippen LogP contribution in [0.2, 0.25) is 78.6 Å². The lowest BCUT2D eigenvalue weighted by molar-refractivity contribution is 0.966. The Morgan fingerprint density at radius 1 is 0.610 bits per heavy atom. The van der Waals surface area contributed by atoms with Gasteiger partial charge in [-0.2, -0.15) is 10.2 Å². The van der Waals surface area contributed by atoms with Gasteiger partial charge in [0.2, 0.25) is 0 Å². The van der Waals surface area contributed by atoms with Crippen molar-refractivity contribution in [2.45, 2.75) is 116 Å². The van der Waals surface area contributed by atoms with Gasteiger partial charge in [-0.15, -0.1) is 28.6 Å². The van der Waals surface area contributed by atoms with E-state index in [1.165, 1.54) is 61.7 Å². The summed E-state index contributed by atoms with van der Waals surface area (Å²) in [6.45, 7) is 25.9. The summed E-state index contributed by atoms with van der Waals surface area (Å²) in [6, 6.07) is 5.20. The van der Waals surface area contributed by atoms with E-state index in [2.05, 4.69) is 237 Å². The van der Waals surface area contributed by atoms with Gasteiger partial charge in [-0.3, -0.25) is 39.5 Å². The molecule has 0 spiro atoms. The van der Waals surface area contributed by atoms with Crippen LogP contribution in [0.4, 0.5) is 17.5 Å². The van der Waals surface area contributed by atoms with E-state index in [0.29, 0.717) is 36.2 Å². The summed E-state index contributed by atoms with van der Waals surface area (Å²) in [6.07, 6.45) is 17.6. The molecular formula is C52H66Br3IN16O6Si4. The van der Waals surface area contributed by atoms with Crippen LogP contribution in [0.25, 0.3) is 0 Å². The van der Waals surface area contributed by atoms with E-state index in [-0.39, 0.29) is 11.1 Å². The van der Waals surface area contributed by atoms with E-state index < -0.39 is 54.9 Å². The number of halogens is 4. The molecule has 434 valence electrons. The number of hydrogen-bond donors (Lipinski definition) is 10. The van der Waals surface area contributed by atoms with Crippen LogP contribution in [0, 0.1) is 49.9 Å². The van der Waals surface area contributed by atoms with Crippen molar-refractivity contribution >= 4 is 120 Å². The number of H-pyrrole nitrogens is 8. The second-order valence-corrected chi connectivity index (χ2v) is 44.3. The van der Waals surface area contributed by atoms with E-state index in [0.717, 1.165) is 27.5 Å². The highest BCUT2D eigenvalue weighted by Gasteiger charge is 2.26. The predicted octanol–water partition coefficient (Wildman–Crippen LogP) is 8.43. The van der Waals surface area contributed by atoms with Crippen molar-refractivity contribution in [3.8, 4) is 46.4 Å². The average Bonchev–Trinajstić information content (AvgIpc) is 4.36. The van der Waals surface area contributed by atoms with Gasteiger partial charge in [0.05, 0.1) is 14.7 Å². The van der Waals surface area contributed by atoms with Crippen LogP contribution in [0.3, 0.4) is 0 Å². The molecule has 82 heavy (non-hydrogen) atoms. The highest BCUT2D eigenvalue weighted by molar-refractivity contribution is 14.1. The largest absolute Gasteiger partial charge is 0.382 e. The fourth-order valence-corrected chi connectivity index (χ4v) is 8.08. The third-order valence-electron chi connectivity index (χ3n) is 9.40. The zero-order valence-corrected chi connectivity index (χ0v) is 58.3. The highest BCUT2D eigenvalue weighted by atomic mass is 127. The van der Waals surface area contributed by atoms with Crippen molar-refractivity contribution in [3.05, 3.63) is 157 Å². The molecule has 30 heteroatoms. The summed E-state index contributed by atoms with van der Waals surface area (Å²) in [5.74, 6) is 12.5. The van der Waals surface area contributed by atoms with Gasteiger partial charge >= 0.3 is 17.1 Å². The lowest BCUT2D eigenvalue weighted by atomic mass is 10.3. The number of nitrogens with two attached hydrogens (primary N) is 1. The Morgan fingerprint density at radius 2 is 1.07 bits per heavy atom. The first-order valence-corrected chi connectivity index (χ1v) is 42.5. The van der Waals surface area contributed by atoms with Crippen molar-refractivity contribution in [2.75, 3.05) is 11.1 Å². The Labute approximate surface area is 517 Å². The fraction of sp³-hybridized carbons (Fsp3) is 0.346. The molecule has 2 fully saturated rings. The summed E-state index contributed by atoms with van der Waals surface area (Å²) in [5, 5.41) is 17.3. The van der Waals surface area contributed by atoms with Crippen LogP contribution in [-0.4, -0.2) is 103 Å². The quantitative estimate of drug-likeness (QED) is 0.0260. The van der Waals surface area contributed by atoms with Crippen LogP contribution in [0.15, 0.2) is 92.0 Å². The highest BCUT2D eigenvalue weighted by Crippen LogP contribution is 2.40. The number of anilines is 3. The van der Waals surface area contributed by atoms with Gasteiger partial charge in [0.1, 0.15) is 48.3 Å². The Morgan fingerprint density at radius 3 is 1.50 bits per heavy atom. The maximum Gasteiger partial charge on any atom is 0.325 e. The Hall–Kier alpha value is -6.50.